The van der Waals surface area contributed by atoms with Gasteiger partial charge in [0.15, 0.2) is 0 Å². The van der Waals surface area contributed by atoms with Crippen molar-refractivity contribution in [2.75, 3.05) is 9.80 Å². The van der Waals surface area contributed by atoms with Crippen LogP contribution in [0.5, 0.6) is 0 Å². The summed E-state index contributed by atoms with van der Waals surface area (Å²) in [5.74, 6) is 0. The number of hydrogen-bond donors (Lipinski definition) is 0. The van der Waals surface area contributed by atoms with E-state index in [9.17, 15) is 0 Å². The van der Waals surface area contributed by atoms with E-state index < -0.39 is 0 Å². The summed E-state index contributed by atoms with van der Waals surface area (Å²) >= 11 is 0. The fourth-order valence-electron chi connectivity index (χ4n) is 11.5. The highest BCUT2D eigenvalue weighted by molar-refractivity contribution is 6.29. The molecule has 0 bridgehead atoms. The topological polar surface area (TPSA) is 32.8 Å². The van der Waals surface area contributed by atoms with Crippen molar-refractivity contribution in [2.24, 2.45) is 0 Å². The molecule has 2 heterocycles. The number of nitrogens with zero attached hydrogens (tertiary/aromatic N) is 2. The lowest BCUT2D eigenvalue weighted by molar-refractivity contribution is 0.664. The van der Waals surface area contributed by atoms with Crippen LogP contribution in [-0.2, 0) is 0 Å². The number of furan rings is 2. The normalized spacial score (nSPS) is 12.0. The molecule has 15 rings (SSSR count). The van der Waals surface area contributed by atoms with Gasteiger partial charge in [0, 0.05) is 77.4 Å². The van der Waals surface area contributed by atoms with Crippen LogP contribution in [0.4, 0.5) is 34.1 Å². The quantitative estimate of drug-likeness (QED) is 0.156. The minimum absolute atomic E-state index is 0.815. The number of fused-ring (bicyclic) bond motifs is 14. The molecule has 0 unspecified atom stereocenters. The van der Waals surface area contributed by atoms with E-state index in [2.05, 4.69) is 252 Å². The van der Waals surface area contributed by atoms with Gasteiger partial charge in [-0.1, -0.05) is 182 Å². The summed E-state index contributed by atoms with van der Waals surface area (Å²) in [6, 6.07) is 87.3. The van der Waals surface area contributed by atoms with Gasteiger partial charge in [-0.05, 0) is 80.8 Å². The Morgan fingerprint density at radius 1 is 0.229 bits per heavy atom. The summed E-state index contributed by atoms with van der Waals surface area (Å²) in [6.07, 6.45) is 0. The molecule has 0 aliphatic rings. The smallest absolute Gasteiger partial charge is 0.138 e. The molecule has 0 spiro atoms. The monoisotopic (exact) mass is 892 g/mol. The van der Waals surface area contributed by atoms with Gasteiger partial charge in [0.25, 0.3) is 0 Å². The standard InChI is InChI=1S/C66H40N2O2/c1-3-23-45(24-4-1)67(65-47-27-11-7-19-41(47)35-42-20-8-12-28-48(42)65)57-39-61-63(53-33-17-15-31-51(53)57)55-37-60-56(38-59(55)69-61)64-54-34-18-16-32-52(54)58(40-62(64)70-60)68(46-25-5-2-6-26-46)66-49-29-13-9-21-43(49)36-44-22-10-14-30-50(44)66/h1-40H. The summed E-state index contributed by atoms with van der Waals surface area (Å²) in [6.45, 7) is 0. The first-order valence-electron chi connectivity index (χ1n) is 23.9. The van der Waals surface area contributed by atoms with Gasteiger partial charge in [-0.15, -0.1) is 0 Å². The molecule has 0 N–H and O–H groups in total. The highest BCUT2D eigenvalue weighted by atomic mass is 16.3. The first kappa shape index (κ1) is 38.7. The van der Waals surface area contributed by atoms with Crippen molar-refractivity contribution in [1.82, 2.24) is 0 Å². The van der Waals surface area contributed by atoms with E-state index in [4.69, 9.17) is 8.83 Å². The highest BCUT2D eigenvalue weighted by Crippen LogP contribution is 2.52. The average Bonchev–Trinajstić information content (AvgIpc) is 3.97. The van der Waals surface area contributed by atoms with Crippen molar-refractivity contribution >= 4 is 143 Å². The molecule has 0 amide bonds. The Kier molecular flexibility index (Phi) is 8.33. The first-order valence-corrected chi connectivity index (χ1v) is 23.9. The summed E-state index contributed by atoms with van der Waals surface area (Å²) in [5.41, 5.74) is 9.77. The Morgan fingerprint density at radius 2 is 0.529 bits per heavy atom. The number of hydrogen-bond acceptors (Lipinski definition) is 4. The zero-order chi connectivity index (χ0) is 45.9. The minimum atomic E-state index is 0.815. The van der Waals surface area contributed by atoms with Gasteiger partial charge in [0.05, 0.1) is 22.7 Å². The molecule has 0 saturated heterocycles. The van der Waals surface area contributed by atoms with Crippen molar-refractivity contribution < 1.29 is 8.83 Å². The molecule has 13 aromatic carbocycles. The van der Waals surface area contributed by atoms with Crippen molar-refractivity contribution in [3.05, 3.63) is 243 Å². The van der Waals surface area contributed by atoms with E-state index in [1.165, 1.54) is 43.1 Å². The van der Waals surface area contributed by atoms with Crippen LogP contribution in [0.15, 0.2) is 251 Å². The van der Waals surface area contributed by atoms with E-state index in [-0.39, 0.29) is 0 Å². The molecule has 4 heteroatoms. The van der Waals surface area contributed by atoms with Gasteiger partial charge in [-0.3, -0.25) is 0 Å². The zero-order valence-electron chi connectivity index (χ0n) is 37.8. The summed E-state index contributed by atoms with van der Waals surface area (Å²) in [5, 5.41) is 18.1. The van der Waals surface area contributed by atoms with E-state index in [1.54, 1.807) is 0 Å². The molecule has 326 valence electrons. The van der Waals surface area contributed by atoms with E-state index >= 15 is 0 Å². The predicted molar refractivity (Wildman–Crippen MR) is 295 cm³/mol. The summed E-state index contributed by atoms with van der Waals surface area (Å²) in [4.78, 5) is 4.87. The second-order valence-electron chi connectivity index (χ2n) is 18.4. The van der Waals surface area contributed by atoms with Gasteiger partial charge in [-0.25, -0.2) is 0 Å². The molecule has 0 aliphatic heterocycles. The third kappa shape index (κ3) is 5.71. The zero-order valence-corrected chi connectivity index (χ0v) is 37.8. The molecule has 70 heavy (non-hydrogen) atoms. The van der Waals surface area contributed by atoms with Crippen LogP contribution in [0, 0.1) is 0 Å². The van der Waals surface area contributed by atoms with Crippen molar-refractivity contribution in [2.45, 2.75) is 0 Å². The Balaban J connectivity index is 0.989. The third-order valence-electron chi connectivity index (χ3n) is 14.5. The second kappa shape index (κ2) is 15.1. The highest BCUT2D eigenvalue weighted by Gasteiger charge is 2.27. The molecule has 0 aliphatic carbocycles. The lowest BCUT2D eigenvalue weighted by Gasteiger charge is -2.29. The lowest BCUT2D eigenvalue weighted by atomic mass is 9.96. The van der Waals surface area contributed by atoms with Gasteiger partial charge < -0.3 is 18.6 Å². The van der Waals surface area contributed by atoms with Crippen molar-refractivity contribution in [3.8, 4) is 0 Å². The van der Waals surface area contributed by atoms with E-state index in [0.29, 0.717) is 0 Å². The van der Waals surface area contributed by atoms with Crippen LogP contribution in [0.1, 0.15) is 0 Å². The van der Waals surface area contributed by atoms with Gasteiger partial charge >= 0.3 is 0 Å². The van der Waals surface area contributed by atoms with Gasteiger partial charge in [0.1, 0.15) is 22.3 Å². The van der Waals surface area contributed by atoms with Crippen LogP contribution in [0.2, 0.25) is 0 Å². The Labute approximate surface area is 402 Å². The molecule has 0 atom stereocenters. The number of anilines is 6. The van der Waals surface area contributed by atoms with Gasteiger partial charge in [0.2, 0.25) is 0 Å². The average molecular weight is 893 g/mol. The van der Waals surface area contributed by atoms with Crippen molar-refractivity contribution in [3.63, 3.8) is 0 Å². The van der Waals surface area contributed by atoms with Crippen LogP contribution >= 0.6 is 0 Å². The third-order valence-corrected chi connectivity index (χ3v) is 14.5. The molecule has 0 fully saturated rings. The molecule has 2 aromatic heterocycles. The molecule has 4 nitrogen and oxygen atoms in total. The van der Waals surface area contributed by atoms with E-state index in [1.807, 2.05) is 0 Å². The maximum Gasteiger partial charge on any atom is 0.138 e. The summed E-state index contributed by atoms with van der Waals surface area (Å²) in [7, 11) is 0. The molecule has 0 radical (unpaired) electrons. The first-order chi connectivity index (χ1) is 34.7. The molecular formula is C66H40N2O2. The van der Waals surface area contributed by atoms with Crippen LogP contribution in [0.3, 0.4) is 0 Å². The fraction of sp³-hybridized carbons (Fsp3) is 0. The molecule has 15 aromatic rings. The molecular weight excluding hydrogens is 853 g/mol. The maximum absolute atomic E-state index is 7.12. The maximum atomic E-state index is 7.12. The van der Waals surface area contributed by atoms with Crippen LogP contribution < -0.4 is 9.80 Å². The Hall–Kier alpha value is -9.38. The Bertz CT molecular complexity index is 4200. The SMILES string of the molecule is c1ccc(N(c2c3ccccc3cc3ccccc23)c2cc3oc4cc5c(cc4c3c3ccccc23)oc2cc(N(c3ccccc3)c3c4ccccc4cc4ccccc34)c3ccccc3c25)cc1. The number of benzene rings is 13. The minimum Gasteiger partial charge on any atom is -0.456 e. The second-order valence-corrected chi connectivity index (χ2v) is 18.4. The number of para-hydroxylation sites is 2. The predicted octanol–water partition coefficient (Wildman–Crippen LogP) is 19.3. The Morgan fingerprint density at radius 3 is 0.886 bits per heavy atom. The number of rotatable bonds is 6. The largest absolute Gasteiger partial charge is 0.456 e. The van der Waals surface area contributed by atoms with Crippen LogP contribution in [0.25, 0.3) is 109 Å². The lowest BCUT2D eigenvalue weighted by Crippen LogP contribution is -2.11. The van der Waals surface area contributed by atoms with Crippen molar-refractivity contribution in [1.29, 1.82) is 0 Å². The van der Waals surface area contributed by atoms with E-state index in [0.717, 1.165) is 99.5 Å². The van der Waals surface area contributed by atoms with Crippen LogP contribution in [-0.4, -0.2) is 0 Å². The fourth-order valence-corrected chi connectivity index (χ4v) is 11.5. The summed E-state index contributed by atoms with van der Waals surface area (Å²) < 4.78 is 14.2. The molecule has 0 saturated carbocycles. The van der Waals surface area contributed by atoms with Gasteiger partial charge in [-0.2, -0.15) is 0 Å².